The third-order valence-corrected chi connectivity index (χ3v) is 4.72. The fourth-order valence-corrected chi connectivity index (χ4v) is 3.17. The number of nitrogens with one attached hydrogen (secondary N) is 3. The number of hydrogen-bond donors (Lipinski definition) is 3. The Hall–Kier alpha value is -1.36. The van der Waals surface area contributed by atoms with E-state index in [1.807, 2.05) is 4.72 Å². The van der Waals surface area contributed by atoms with Crippen molar-refractivity contribution in [3.8, 4) is 0 Å². The van der Waals surface area contributed by atoms with E-state index in [9.17, 15) is 26.4 Å². The maximum Gasteiger partial charge on any atom is 0.416 e. The first-order valence-corrected chi connectivity index (χ1v) is 8.34. The van der Waals surface area contributed by atoms with Crippen LogP contribution in [0.1, 0.15) is 12.0 Å². The highest BCUT2D eigenvalue weighted by Gasteiger charge is 2.31. The van der Waals surface area contributed by atoms with Crippen LogP contribution >= 0.6 is 12.4 Å². The molecule has 1 atom stereocenters. The minimum Gasteiger partial charge on any atom is -0.351 e. The minimum absolute atomic E-state index is 0. The number of carbonyl (C=O) groups excluding carboxylic acids is 1. The molecule has 1 aliphatic rings. The third kappa shape index (κ3) is 5.62. The highest BCUT2D eigenvalue weighted by atomic mass is 35.5. The molecular formula is C13H17ClF3N3O3S. The molecule has 1 amide bonds. The number of carbonyl (C=O) groups is 1. The number of rotatable bonds is 5. The van der Waals surface area contributed by atoms with Gasteiger partial charge in [0.25, 0.3) is 0 Å². The molecule has 1 heterocycles. The molecular weight excluding hydrogens is 371 g/mol. The zero-order valence-electron chi connectivity index (χ0n) is 12.4. The molecule has 1 saturated heterocycles. The lowest BCUT2D eigenvalue weighted by atomic mass is 10.2. The second-order valence-corrected chi connectivity index (χ2v) is 6.87. The molecule has 0 bridgehead atoms. The molecule has 24 heavy (non-hydrogen) atoms. The first-order chi connectivity index (χ1) is 10.7. The van der Waals surface area contributed by atoms with Crippen molar-refractivity contribution >= 4 is 28.3 Å². The molecule has 0 radical (unpaired) electrons. The quantitative estimate of drug-likeness (QED) is 0.700. The largest absolute Gasteiger partial charge is 0.416 e. The van der Waals surface area contributed by atoms with E-state index >= 15 is 0 Å². The molecule has 0 saturated carbocycles. The predicted molar refractivity (Wildman–Crippen MR) is 83.3 cm³/mol. The van der Waals surface area contributed by atoms with E-state index in [0.29, 0.717) is 12.6 Å². The van der Waals surface area contributed by atoms with E-state index in [2.05, 4.69) is 10.6 Å². The lowest BCUT2D eigenvalue weighted by molar-refractivity contribution is -0.137. The van der Waals surface area contributed by atoms with Crippen molar-refractivity contribution in [1.82, 2.24) is 15.4 Å². The van der Waals surface area contributed by atoms with Crippen LogP contribution in [0, 0.1) is 0 Å². The molecule has 1 aromatic rings. The number of halogens is 4. The van der Waals surface area contributed by atoms with Gasteiger partial charge in [0.15, 0.2) is 0 Å². The van der Waals surface area contributed by atoms with Crippen molar-refractivity contribution in [2.24, 2.45) is 0 Å². The summed E-state index contributed by atoms with van der Waals surface area (Å²) in [5.74, 6) is -0.533. The summed E-state index contributed by atoms with van der Waals surface area (Å²) in [7, 11) is -4.20. The second-order valence-electron chi connectivity index (χ2n) is 5.11. The van der Waals surface area contributed by atoms with Crippen LogP contribution in [0.25, 0.3) is 0 Å². The van der Waals surface area contributed by atoms with Crippen LogP contribution in [0.4, 0.5) is 13.2 Å². The van der Waals surface area contributed by atoms with Crippen LogP contribution < -0.4 is 15.4 Å². The number of alkyl halides is 3. The Labute approximate surface area is 143 Å². The fraction of sp³-hybridized carbons (Fsp3) is 0.462. The maximum atomic E-state index is 12.6. The van der Waals surface area contributed by atoms with Crippen molar-refractivity contribution in [3.63, 3.8) is 0 Å². The summed E-state index contributed by atoms with van der Waals surface area (Å²) in [6, 6.07) is 3.28. The number of sulfonamides is 1. The Morgan fingerprint density at radius 3 is 2.62 bits per heavy atom. The number of hydrogen-bond acceptors (Lipinski definition) is 4. The molecule has 0 aliphatic carbocycles. The van der Waals surface area contributed by atoms with Gasteiger partial charge in [-0.25, -0.2) is 13.1 Å². The fourth-order valence-electron chi connectivity index (χ4n) is 2.14. The van der Waals surface area contributed by atoms with Crippen molar-refractivity contribution in [2.45, 2.75) is 23.5 Å². The monoisotopic (exact) mass is 387 g/mol. The van der Waals surface area contributed by atoms with E-state index in [-0.39, 0.29) is 18.4 Å². The molecule has 136 valence electrons. The Bertz CT molecular complexity index is 677. The third-order valence-electron chi connectivity index (χ3n) is 3.32. The van der Waals surface area contributed by atoms with E-state index in [4.69, 9.17) is 0 Å². The van der Waals surface area contributed by atoms with Gasteiger partial charge in [0.2, 0.25) is 15.9 Å². The van der Waals surface area contributed by atoms with Gasteiger partial charge in [0, 0.05) is 12.6 Å². The maximum absolute atomic E-state index is 12.6. The van der Waals surface area contributed by atoms with Crippen molar-refractivity contribution in [3.05, 3.63) is 29.8 Å². The molecule has 3 N–H and O–H groups in total. The molecule has 1 unspecified atom stereocenters. The SMILES string of the molecule is Cl.O=C(CNS(=O)(=O)c1cccc(C(F)(F)F)c1)NC1CCNC1. The van der Waals surface area contributed by atoms with Gasteiger partial charge in [0.05, 0.1) is 17.0 Å². The van der Waals surface area contributed by atoms with Crippen LogP contribution in [0.3, 0.4) is 0 Å². The molecule has 11 heteroatoms. The van der Waals surface area contributed by atoms with Gasteiger partial charge in [-0.1, -0.05) is 6.07 Å². The van der Waals surface area contributed by atoms with Crippen molar-refractivity contribution < 1.29 is 26.4 Å². The highest BCUT2D eigenvalue weighted by molar-refractivity contribution is 7.89. The standard InChI is InChI=1S/C13H16F3N3O3S.ClH/c14-13(15,16)9-2-1-3-11(6-9)23(21,22)18-8-12(20)19-10-4-5-17-7-10;/h1-3,6,10,17-18H,4-5,7-8H2,(H,19,20);1H. The number of benzene rings is 1. The lowest BCUT2D eigenvalue weighted by Gasteiger charge is -2.13. The number of amides is 1. The minimum atomic E-state index is -4.64. The van der Waals surface area contributed by atoms with Crippen LogP contribution in [0.15, 0.2) is 29.2 Å². The van der Waals surface area contributed by atoms with E-state index in [0.717, 1.165) is 31.2 Å². The Morgan fingerprint density at radius 1 is 1.33 bits per heavy atom. The summed E-state index contributed by atoms with van der Waals surface area (Å²) in [6.45, 7) is 0.835. The normalized spacial score (nSPS) is 18.0. The van der Waals surface area contributed by atoms with Crippen LogP contribution in [-0.4, -0.2) is 40.0 Å². The van der Waals surface area contributed by atoms with Crippen molar-refractivity contribution in [1.29, 1.82) is 0 Å². The molecule has 2 rings (SSSR count). The molecule has 6 nitrogen and oxygen atoms in total. The summed E-state index contributed by atoms with van der Waals surface area (Å²) in [4.78, 5) is 11.1. The van der Waals surface area contributed by atoms with Crippen LogP contribution in [0.2, 0.25) is 0 Å². The van der Waals surface area contributed by atoms with Gasteiger partial charge in [-0.15, -0.1) is 12.4 Å². The van der Waals surface area contributed by atoms with Gasteiger partial charge >= 0.3 is 6.18 Å². The molecule has 0 aromatic heterocycles. The predicted octanol–water partition coefficient (Wildman–Crippen LogP) is 0.884. The summed E-state index contributed by atoms with van der Waals surface area (Å²) in [5.41, 5.74) is -1.07. The zero-order valence-corrected chi connectivity index (χ0v) is 14.0. The van der Waals surface area contributed by atoms with Crippen molar-refractivity contribution in [2.75, 3.05) is 19.6 Å². The Balaban J connectivity index is 0.00000288. The van der Waals surface area contributed by atoms with Gasteiger partial charge in [-0.3, -0.25) is 4.79 Å². The summed E-state index contributed by atoms with van der Waals surface area (Å²) < 4.78 is 63.8. The summed E-state index contributed by atoms with van der Waals surface area (Å²) >= 11 is 0. The molecule has 1 aliphatic heterocycles. The topological polar surface area (TPSA) is 87.3 Å². The van der Waals surface area contributed by atoms with Gasteiger partial charge < -0.3 is 10.6 Å². The lowest BCUT2D eigenvalue weighted by Crippen LogP contribution is -2.42. The first kappa shape index (κ1) is 20.7. The second kappa shape index (κ2) is 8.15. The first-order valence-electron chi connectivity index (χ1n) is 6.85. The van der Waals surface area contributed by atoms with Crippen LogP contribution in [-0.2, 0) is 21.0 Å². The van der Waals surface area contributed by atoms with Crippen LogP contribution in [0.5, 0.6) is 0 Å². The molecule has 1 aromatic carbocycles. The molecule has 1 fully saturated rings. The average Bonchev–Trinajstić information content (AvgIpc) is 2.97. The Kier molecular flexibility index (Phi) is 7.02. The molecule has 0 spiro atoms. The highest BCUT2D eigenvalue weighted by Crippen LogP contribution is 2.30. The average molecular weight is 388 g/mol. The van der Waals surface area contributed by atoms with E-state index < -0.39 is 39.1 Å². The Morgan fingerprint density at radius 2 is 2.04 bits per heavy atom. The summed E-state index contributed by atoms with van der Waals surface area (Å²) in [5, 5.41) is 5.67. The van der Waals surface area contributed by atoms with Gasteiger partial charge in [0.1, 0.15) is 0 Å². The van der Waals surface area contributed by atoms with Gasteiger partial charge in [-0.05, 0) is 31.2 Å². The zero-order chi connectivity index (χ0) is 17.1. The van der Waals surface area contributed by atoms with E-state index in [1.165, 1.54) is 0 Å². The van der Waals surface area contributed by atoms with E-state index in [1.54, 1.807) is 0 Å². The smallest absolute Gasteiger partial charge is 0.351 e. The summed E-state index contributed by atoms with van der Waals surface area (Å²) in [6.07, 6.45) is -3.90. The van der Waals surface area contributed by atoms with Gasteiger partial charge in [-0.2, -0.15) is 13.2 Å².